The Morgan fingerprint density at radius 2 is 2.14 bits per heavy atom. The summed E-state index contributed by atoms with van der Waals surface area (Å²) in [6, 6.07) is 9.80. The van der Waals surface area contributed by atoms with Crippen LogP contribution in [0.4, 0.5) is 10.6 Å². The van der Waals surface area contributed by atoms with Crippen LogP contribution >= 0.6 is 23.2 Å². The van der Waals surface area contributed by atoms with Gasteiger partial charge in [-0.15, -0.1) is 5.10 Å². The van der Waals surface area contributed by atoms with Crippen LogP contribution in [0.5, 0.6) is 0 Å². The summed E-state index contributed by atoms with van der Waals surface area (Å²) < 4.78 is 0. The summed E-state index contributed by atoms with van der Waals surface area (Å²) >= 11 is 12.1. The van der Waals surface area contributed by atoms with Crippen molar-refractivity contribution in [2.45, 2.75) is 37.3 Å². The normalized spacial score (nSPS) is 24.0. The Balaban J connectivity index is 1.33. The average molecular weight is 420 g/mol. The van der Waals surface area contributed by atoms with Gasteiger partial charge < -0.3 is 15.1 Å². The fourth-order valence-corrected chi connectivity index (χ4v) is 4.14. The number of anilines is 1. The van der Waals surface area contributed by atoms with Crippen LogP contribution in [0.15, 0.2) is 36.5 Å². The lowest BCUT2D eigenvalue weighted by molar-refractivity contribution is 0.182. The summed E-state index contributed by atoms with van der Waals surface area (Å²) in [7, 11) is 1.87. The number of carbonyl (C=O) groups excluding carboxylic acids is 1. The number of benzene rings is 1. The molecule has 1 aromatic carbocycles. The topological polar surface area (TPSA) is 61.4 Å². The van der Waals surface area contributed by atoms with E-state index in [1.54, 1.807) is 6.20 Å². The Morgan fingerprint density at radius 3 is 2.89 bits per heavy atom. The third kappa shape index (κ3) is 4.18. The van der Waals surface area contributed by atoms with Gasteiger partial charge >= 0.3 is 6.03 Å². The van der Waals surface area contributed by atoms with Crippen LogP contribution in [-0.4, -0.2) is 53.3 Å². The molecule has 3 atom stereocenters. The number of urea groups is 1. The van der Waals surface area contributed by atoms with Gasteiger partial charge in [0.25, 0.3) is 0 Å². The number of aromatic nitrogens is 2. The molecule has 2 amide bonds. The predicted molar refractivity (Wildman–Crippen MR) is 111 cm³/mol. The Kier molecular flexibility index (Phi) is 5.60. The minimum Gasteiger partial charge on any atom is -0.353 e. The highest BCUT2D eigenvalue weighted by Gasteiger charge is 2.41. The van der Waals surface area contributed by atoms with E-state index in [2.05, 4.69) is 20.4 Å². The zero-order valence-electron chi connectivity index (χ0n) is 15.7. The highest BCUT2D eigenvalue weighted by atomic mass is 35.5. The first-order chi connectivity index (χ1) is 13.5. The van der Waals surface area contributed by atoms with Crippen molar-refractivity contribution in [1.29, 1.82) is 0 Å². The Hall–Kier alpha value is -2.05. The van der Waals surface area contributed by atoms with Gasteiger partial charge in [-0.25, -0.2) is 4.79 Å². The zero-order chi connectivity index (χ0) is 19.7. The molecule has 0 spiro atoms. The van der Waals surface area contributed by atoms with Gasteiger partial charge in [-0.05, 0) is 49.1 Å². The van der Waals surface area contributed by atoms with Crippen LogP contribution < -0.4 is 10.2 Å². The van der Waals surface area contributed by atoms with Crippen molar-refractivity contribution >= 4 is 35.1 Å². The van der Waals surface area contributed by atoms with E-state index >= 15 is 0 Å². The summed E-state index contributed by atoms with van der Waals surface area (Å²) in [6.45, 7) is 1.70. The van der Waals surface area contributed by atoms with Gasteiger partial charge in [0.1, 0.15) is 0 Å². The van der Waals surface area contributed by atoms with Gasteiger partial charge in [-0.2, -0.15) is 5.10 Å². The smallest absolute Gasteiger partial charge is 0.317 e. The van der Waals surface area contributed by atoms with E-state index in [1.807, 2.05) is 42.3 Å². The van der Waals surface area contributed by atoms with E-state index in [9.17, 15) is 4.79 Å². The summed E-state index contributed by atoms with van der Waals surface area (Å²) in [5, 5.41) is 12.4. The molecule has 2 heterocycles. The standard InChI is InChI=1S/C20H23Cl2N5O/c1-26(14-4-3-9-27(12-14)19-5-2-8-23-25-19)20(28)24-18-11-15(18)13-6-7-16(21)17(22)10-13/h2,5-8,10,14-15,18H,3-4,9,11-12H2,1H3,(H,24,28)/t14-,15?,18?/m1/s1. The molecule has 0 radical (unpaired) electrons. The fraction of sp³-hybridized carbons (Fsp3) is 0.450. The quantitative estimate of drug-likeness (QED) is 0.814. The average Bonchev–Trinajstić information content (AvgIpc) is 3.49. The Labute approximate surface area is 174 Å². The molecule has 148 valence electrons. The third-order valence-electron chi connectivity index (χ3n) is 5.62. The molecule has 6 nitrogen and oxygen atoms in total. The third-order valence-corrected chi connectivity index (χ3v) is 6.36. The molecule has 1 saturated heterocycles. The first-order valence-electron chi connectivity index (χ1n) is 9.54. The predicted octanol–water partition coefficient (Wildman–Crippen LogP) is 3.95. The van der Waals surface area contributed by atoms with Gasteiger partial charge in [-0.1, -0.05) is 29.3 Å². The number of piperidine rings is 1. The van der Waals surface area contributed by atoms with Crippen molar-refractivity contribution in [1.82, 2.24) is 20.4 Å². The number of amides is 2. The molecular weight excluding hydrogens is 397 g/mol. The summed E-state index contributed by atoms with van der Waals surface area (Å²) in [5.74, 6) is 1.16. The molecule has 0 bridgehead atoms. The molecule has 1 aliphatic carbocycles. The molecule has 1 aromatic heterocycles. The molecule has 2 fully saturated rings. The van der Waals surface area contributed by atoms with E-state index in [4.69, 9.17) is 23.2 Å². The van der Waals surface area contributed by atoms with Crippen LogP contribution in [0.25, 0.3) is 0 Å². The highest BCUT2D eigenvalue weighted by Crippen LogP contribution is 2.42. The second-order valence-corrected chi connectivity index (χ2v) is 8.32. The van der Waals surface area contributed by atoms with Crippen LogP contribution in [0.2, 0.25) is 10.0 Å². The molecule has 1 N–H and O–H groups in total. The SMILES string of the molecule is CN(C(=O)NC1CC1c1ccc(Cl)c(Cl)c1)[C@@H]1CCCN(c2cccnn2)C1. The molecule has 8 heteroatoms. The van der Waals surface area contributed by atoms with E-state index in [-0.39, 0.29) is 18.1 Å². The zero-order valence-corrected chi connectivity index (χ0v) is 17.2. The molecule has 1 saturated carbocycles. The van der Waals surface area contributed by atoms with Crippen molar-refractivity contribution in [2.75, 3.05) is 25.0 Å². The van der Waals surface area contributed by atoms with Crippen LogP contribution in [0.1, 0.15) is 30.7 Å². The number of hydrogen-bond acceptors (Lipinski definition) is 4. The number of likely N-dealkylation sites (N-methyl/N-ethyl adjacent to an activating group) is 1. The van der Waals surface area contributed by atoms with Crippen molar-refractivity contribution in [2.24, 2.45) is 0 Å². The summed E-state index contributed by atoms with van der Waals surface area (Å²) in [4.78, 5) is 16.8. The van der Waals surface area contributed by atoms with Crippen LogP contribution in [0.3, 0.4) is 0 Å². The Bertz CT molecular complexity index is 850. The van der Waals surface area contributed by atoms with Gasteiger partial charge in [0.15, 0.2) is 5.82 Å². The van der Waals surface area contributed by atoms with E-state index < -0.39 is 0 Å². The molecule has 2 aliphatic rings. The van der Waals surface area contributed by atoms with Crippen LogP contribution in [-0.2, 0) is 0 Å². The summed E-state index contributed by atoms with van der Waals surface area (Å²) in [5.41, 5.74) is 1.12. The largest absolute Gasteiger partial charge is 0.353 e. The molecular formula is C20H23Cl2N5O. The maximum absolute atomic E-state index is 12.8. The molecule has 2 unspecified atom stereocenters. The maximum Gasteiger partial charge on any atom is 0.317 e. The van der Waals surface area contributed by atoms with Gasteiger partial charge in [-0.3, -0.25) is 0 Å². The lowest BCUT2D eigenvalue weighted by atomic mass is 10.0. The summed E-state index contributed by atoms with van der Waals surface area (Å²) in [6.07, 6.45) is 4.61. The monoisotopic (exact) mass is 419 g/mol. The van der Waals surface area contributed by atoms with Gasteiger partial charge in [0, 0.05) is 38.3 Å². The molecule has 28 heavy (non-hydrogen) atoms. The minimum absolute atomic E-state index is 0.0291. The number of nitrogens with zero attached hydrogens (tertiary/aromatic N) is 4. The second kappa shape index (κ2) is 8.13. The van der Waals surface area contributed by atoms with Crippen molar-refractivity contribution < 1.29 is 4.79 Å². The van der Waals surface area contributed by atoms with Gasteiger partial charge in [0.05, 0.1) is 16.1 Å². The van der Waals surface area contributed by atoms with E-state index in [0.29, 0.717) is 16.0 Å². The minimum atomic E-state index is -0.0291. The van der Waals surface area contributed by atoms with E-state index in [1.165, 1.54) is 0 Å². The second-order valence-electron chi connectivity index (χ2n) is 7.51. The maximum atomic E-state index is 12.8. The van der Waals surface area contributed by atoms with Crippen LogP contribution in [0, 0.1) is 0 Å². The van der Waals surface area contributed by atoms with E-state index in [0.717, 1.165) is 43.7 Å². The highest BCUT2D eigenvalue weighted by molar-refractivity contribution is 6.42. The number of nitrogens with one attached hydrogen (secondary N) is 1. The first kappa shape index (κ1) is 19.3. The lowest BCUT2D eigenvalue weighted by Crippen LogP contribution is -2.52. The number of carbonyl (C=O) groups is 1. The number of hydrogen-bond donors (Lipinski definition) is 1. The fourth-order valence-electron chi connectivity index (χ4n) is 3.83. The molecule has 2 aromatic rings. The van der Waals surface area contributed by atoms with Gasteiger partial charge in [0.2, 0.25) is 0 Å². The number of rotatable bonds is 4. The van der Waals surface area contributed by atoms with Crippen molar-refractivity contribution in [3.8, 4) is 0 Å². The molecule has 1 aliphatic heterocycles. The number of halogens is 2. The molecule has 4 rings (SSSR count). The lowest BCUT2D eigenvalue weighted by Gasteiger charge is -2.38. The van der Waals surface area contributed by atoms with Crippen molar-refractivity contribution in [3.05, 3.63) is 52.1 Å². The Morgan fingerprint density at radius 1 is 1.29 bits per heavy atom. The first-order valence-corrected chi connectivity index (χ1v) is 10.3. The van der Waals surface area contributed by atoms with Crippen molar-refractivity contribution in [3.63, 3.8) is 0 Å².